The number of ether oxygens (including phenoxy) is 1. The minimum Gasteiger partial charge on any atom is -0.467 e. The predicted molar refractivity (Wildman–Crippen MR) is 49.6 cm³/mol. The quantitative estimate of drug-likeness (QED) is 0.735. The summed E-state index contributed by atoms with van der Waals surface area (Å²) in [6.45, 7) is 0.593. The van der Waals surface area contributed by atoms with Crippen LogP contribution in [0.2, 0.25) is 0 Å². The van der Waals surface area contributed by atoms with Crippen molar-refractivity contribution in [2.75, 3.05) is 6.61 Å². The molecule has 15 heavy (non-hydrogen) atoms. The number of rotatable bonds is 2. The Hall–Kier alpha value is -1.96. The molecule has 1 unspecified atom stereocenters. The second-order valence-electron chi connectivity index (χ2n) is 3.26. The zero-order chi connectivity index (χ0) is 10.7. The van der Waals surface area contributed by atoms with Crippen molar-refractivity contribution >= 4 is 6.09 Å². The molecule has 78 valence electrons. The third-order valence-corrected chi connectivity index (χ3v) is 2.28. The molecule has 5 nitrogen and oxygen atoms in total. The first-order valence-electron chi connectivity index (χ1n) is 4.66. The molecule has 0 bridgehead atoms. The van der Waals surface area contributed by atoms with Gasteiger partial charge in [0, 0.05) is 6.42 Å². The summed E-state index contributed by atoms with van der Waals surface area (Å²) in [6, 6.07) is 5.16. The van der Waals surface area contributed by atoms with Gasteiger partial charge in [-0.1, -0.05) is 0 Å². The molecule has 1 aromatic rings. The van der Waals surface area contributed by atoms with E-state index in [4.69, 9.17) is 14.4 Å². The fraction of sp³-hybridized carbons (Fsp3) is 0.400. The monoisotopic (exact) mass is 206 g/mol. The van der Waals surface area contributed by atoms with Gasteiger partial charge in [0.05, 0.1) is 25.5 Å². The van der Waals surface area contributed by atoms with E-state index in [2.05, 4.69) is 6.07 Å². The molecule has 1 amide bonds. The summed E-state index contributed by atoms with van der Waals surface area (Å²) < 4.78 is 9.98. The Bertz CT molecular complexity index is 380. The first-order valence-corrected chi connectivity index (χ1v) is 4.66. The summed E-state index contributed by atoms with van der Waals surface area (Å²) >= 11 is 0. The molecular weight excluding hydrogens is 196 g/mol. The van der Waals surface area contributed by atoms with Crippen LogP contribution in [-0.2, 0) is 11.3 Å². The summed E-state index contributed by atoms with van der Waals surface area (Å²) in [6.07, 6.45) is 1.62. The van der Waals surface area contributed by atoms with E-state index in [1.807, 2.05) is 0 Å². The number of nitrogens with zero attached hydrogens (tertiary/aromatic N) is 2. The van der Waals surface area contributed by atoms with Crippen LogP contribution in [0.5, 0.6) is 0 Å². The van der Waals surface area contributed by atoms with Crippen molar-refractivity contribution in [1.29, 1.82) is 5.26 Å². The third-order valence-electron chi connectivity index (χ3n) is 2.28. The number of cyclic esters (lactones) is 1. The summed E-state index contributed by atoms with van der Waals surface area (Å²) in [5.41, 5.74) is 0. The van der Waals surface area contributed by atoms with Crippen molar-refractivity contribution in [3.05, 3.63) is 24.2 Å². The van der Waals surface area contributed by atoms with Crippen molar-refractivity contribution < 1.29 is 13.9 Å². The van der Waals surface area contributed by atoms with Crippen LogP contribution >= 0.6 is 0 Å². The highest BCUT2D eigenvalue weighted by Gasteiger charge is 2.30. The Morgan fingerprint density at radius 2 is 2.53 bits per heavy atom. The molecule has 1 fully saturated rings. The van der Waals surface area contributed by atoms with Crippen molar-refractivity contribution in [3.8, 4) is 6.07 Å². The predicted octanol–water partition coefficient (Wildman–Crippen LogP) is 1.51. The lowest BCUT2D eigenvalue weighted by molar-refractivity contribution is 0.0517. The Morgan fingerprint density at radius 3 is 3.20 bits per heavy atom. The lowest BCUT2D eigenvalue weighted by Gasteiger charge is -2.29. The topological polar surface area (TPSA) is 66.5 Å². The van der Waals surface area contributed by atoms with Gasteiger partial charge in [-0.3, -0.25) is 4.90 Å². The summed E-state index contributed by atoms with van der Waals surface area (Å²) in [5, 5.41) is 8.88. The number of hydrogen-bond donors (Lipinski definition) is 0. The molecule has 5 heteroatoms. The molecular formula is C10H10N2O3. The van der Waals surface area contributed by atoms with Crippen LogP contribution in [0.4, 0.5) is 4.79 Å². The highest BCUT2D eigenvalue weighted by atomic mass is 16.6. The maximum atomic E-state index is 11.4. The van der Waals surface area contributed by atoms with Crippen LogP contribution in [0.25, 0.3) is 0 Å². The molecule has 0 aliphatic carbocycles. The lowest BCUT2D eigenvalue weighted by Crippen LogP contribution is -2.44. The van der Waals surface area contributed by atoms with E-state index in [1.54, 1.807) is 12.1 Å². The number of nitriles is 1. The summed E-state index contributed by atoms with van der Waals surface area (Å²) in [5.74, 6) is 0.647. The number of hydrogen-bond acceptors (Lipinski definition) is 4. The van der Waals surface area contributed by atoms with E-state index in [0.717, 1.165) is 0 Å². The molecule has 2 heterocycles. The van der Waals surface area contributed by atoms with Gasteiger partial charge in [0.25, 0.3) is 0 Å². The van der Waals surface area contributed by atoms with Gasteiger partial charge in [-0.15, -0.1) is 0 Å². The van der Waals surface area contributed by atoms with E-state index in [9.17, 15) is 4.79 Å². The van der Waals surface area contributed by atoms with Gasteiger partial charge in [-0.2, -0.15) is 5.26 Å². The molecule has 0 spiro atoms. The van der Waals surface area contributed by atoms with Gasteiger partial charge in [0.15, 0.2) is 0 Å². The SMILES string of the molecule is N#CC1CCOC(=O)N1Cc1ccco1. The maximum absolute atomic E-state index is 11.4. The largest absolute Gasteiger partial charge is 0.467 e. The van der Waals surface area contributed by atoms with Crippen molar-refractivity contribution in [3.63, 3.8) is 0 Å². The van der Waals surface area contributed by atoms with Crippen LogP contribution in [0.3, 0.4) is 0 Å². The number of carbonyl (C=O) groups excluding carboxylic acids is 1. The molecule has 0 radical (unpaired) electrons. The van der Waals surface area contributed by atoms with Gasteiger partial charge in [-0.25, -0.2) is 4.79 Å². The summed E-state index contributed by atoms with van der Waals surface area (Å²) in [4.78, 5) is 12.8. The van der Waals surface area contributed by atoms with Gasteiger partial charge in [-0.05, 0) is 12.1 Å². The molecule has 0 aromatic carbocycles. The van der Waals surface area contributed by atoms with E-state index in [1.165, 1.54) is 11.2 Å². The van der Waals surface area contributed by atoms with E-state index in [-0.39, 0.29) is 6.54 Å². The first-order chi connectivity index (χ1) is 7.31. The number of furan rings is 1. The minimum atomic E-state index is -0.454. The highest BCUT2D eigenvalue weighted by molar-refractivity contribution is 5.69. The second kappa shape index (κ2) is 4.05. The van der Waals surface area contributed by atoms with Crippen LogP contribution in [0.1, 0.15) is 12.2 Å². The fourth-order valence-corrected chi connectivity index (χ4v) is 1.50. The smallest absolute Gasteiger partial charge is 0.411 e. The molecule has 0 N–H and O–H groups in total. The summed E-state index contributed by atoms with van der Waals surface area (Å²) in [7, 11) is 0. The van der Waals surface area contributed by atoms with Crippen LogP contribution in [-0.4, -0.2) is 23.6 Å². The van der Waals surface area contributed by atoms with E-state index >= 15 is 0 Å². The van der Waals surface area contributed by atoms with Crippen molar-refractivity contribution in [2.45, 2.75) is 19.0 Å². The van der Waals surface area contributed by atoms with E-state index < -0.39 is 12.1 Å². The van der Waals surface area contributed by atoms with Crippen LogP contribution < -0.4 is 0 Å². The van der Waals surface area contributed by atoms with Crippen molar-refractivity contribution in [1.82, 2.24) is 4.90 Å². The Balaban J connectivity index is 2.10. The van der Waals surface area contributed by atoms with Gasteiger partial charge >= 0.3 is 6.09 Å². The van der Waals surface area contributed by atoms with Gasteiger partial charge in [0.2, 0.25) is 0 Å². The highest BCUT2D eigenvalue weighted by Crippen LogP contribution is 2.16. The zero-order valence-electron chi connectivity index (χ0n) is 8.05. The third kappa shape index (κ3) is 1.94. The molecule has 1 aliphatic heterocycles. The number of amides is 1. The Labute approximate surface area is 86.8 Å². The van der Waals surface area contributed by atoms with Crippen LogP contribution in [0, 0.1) is 11.3 Å². The lowest BCUT2D eigenvalue weighted by atomic mass is 10.2. The molecule has 1 aliphatic rings. The Kier molecular flexibility index (Phi) is 2.59. The molecule has 1 atom stereocenters. The van der Waals surface area contributed by atoms with Gasteiger partial charge < -0.3 is 9.15 Å². The average Bonchev–Trinajstić information content (AvgIpc) is 2.74. The molecule has 2 rings (SSSR count). The fourth-order valence-electron chi connectivity index (χ4n) is 1.50. The van der Waals surface area contributed by atoms with Crippen molar-refractivity contribution in [2.24, 2.45) is 0 Å². The number of carbonyl (C=O) groups is 1. The molecule has 1 aromatic heterocycles. The first kappa shape index (κ1) is 9.59. The Morgan fingerprint density at radius 1 is 1.67 bits per heavy atom. The standard InChI is InChI=1S/C10H10N2O3/c11-6-8-3-5-15-10(13)12(8)7-9-2-1-4-14-9/h1-2,4,8H,3,5,7H2. The normalized spacial score (nSPS) is 20.9. The minimum absolute atomic E-state index is 0.282. The van der Waals surface area contributed by atoms with Gasteiger partial charge in [0.1, 0.15) is 11.8 Å². The second-order valence-corrected chi connectivity index (χ2v) is 3.26. The van der Waals surface area contributed by atoms with E-state index in [0.29, 0.717) is 18.8 Å². The maximum Gasteiger partial charge on any atom is 0.411 e. The molecule has 0 saturated carbocycles. The van der Waals surface area contributed by atoms with Crippen LogP contribution in [0.15, 0.2) is 22.8 Å². The zero-order valence-corrected chi connectivity index (χ0v) is 8.05. The molecule has 1 saturated heterocycles. The average molecular weight is 206 g/mol.